The maximum absolute atomic E-state index is 13.1. The summed E-state index contributed by atoms with van der Waals surface area (Å²) >= 11 is 0. The molecule has 2 aromatic heterocycles. The quantitative estimate of drug-likeness (QED) is 0.588. The number of carboxylic acids is 1. The lowest BCUT2D eigenvalue weighted by Gasteiger charge is -2.39. The first-order valence-corrected chi connectivity index (χ1v) is 12.6. The number of halogens is 3. The fourth-order valence-electron chi connectivity index (χ4n) is 6.16. The van der Waals surface area contributed by atoms with Crippen LogP contribution in [0.4, 0.5) is 19.0 Å². The third kappa shape index (κ3) is 4.26. The molecule has 2 fully saturated rings. The lowest BCUT2D eigenvalue weighted by Crippen LogP contribution is -2.47. The van der Waals surface area contributed by atoms with Crippen molar-refractivity contribution in [2.24, 2.45) is 11.3 Å². The van der Waals surface area contributed by atoms with Crippen LogP contribution in [0.2, 0.25) is 0 Å². The molecule has 1 saturated heterocycles. The van der Waals surface area contributed by atoms with E-state index in [0.29, 0.717) is 25.8 Å². The average molecular weight is 479 g/mol. The zero-order valence-corrected chi connectivity index (χ0v) is 19.7. The van der Waals surface area contributed by atoms with Gasteiger partial charge in [0.15, 0.2) is 5.65 Å². The van der Waals surface area contributed by atoms with Crippen LogP contribution in [0.1, 0.15) is 87.6 Å². The van der Waals surface area contributed by atoms with Crippen molar-refractivity contribution in [1.29, 1.82) is 0 Å². The SMILES string of the molecule is C[C@@]1(C(=O)O)CCCN(c2c3c(nc4cc(C5CCC(C(F)(F)F)CC5)nn24)CCCCC3)C1. The molecule has 2 aromatic rings. The minimum absolute atomic E-state index is 0.00130. The number of aromatic nitrogens is 3. The molecule has 34 heavy (non-hydrogen) atoms. The first kappa shape index (κ1) is 23.4. The van der Waals surface area contributed by atoms with Gasteiger partial charge in [0, 0.05) is 36.3 Å². The normalized spacial score (nSPS) is 28.5. The Kier molecular flexibility index (Phi) is 6.01. The van der Waals surface area contributed by atoms with E-state index >= 15 is 0 Å². The Morgan fingerprint density at radius 2 is 1.85 bits per heavy atom. The summed E-state index contributed by atoms with van der Waals surface area (Å²) in [5.41, 5.74) is 2.95. The van der Waals surface area contributed by atoms with Crippen molar-refractivity contribution in [3.63, 3.8) is 0 Å². The maximum Gasteiger partial charge on any atom is 0.391 e. The summed E-state index contributed by atoms with van der Waals surface area (Å²) in [5.74, 6) is -1.05. The first-order valence-electron chi connectivity index (χ1n) is 12.6. The van der Waals surface area contributed by atoms with Gasteiger partial charge in [0.1, 0.15) is 5.82 Å². The summed E-state index contributed by atoms with van der Waals surface area (Å²) in [6.07, 6.45) is 3.59. The van der Waals surface area contributed by atoms with E-state index < -0.39 is 23.5 Å². The monoisotopic (exact) mass is 478 g/mol. The van der Waals surface area contributed by atoms with Crippen LogP contribution in [0.15, 0.2) is 6.07 Å². The number of anilines is 1. The van der Waals surface area contributed by atoms with Crippen molar-refractivity contribution in [3.8, 4) is 0 Å². The van der Waals surface area contributed by atoms with Gasteiger partial charge in [-0.25, -0.2) is 4.98 Å². The van der Waals surface area contributed by atoms with Gasteiger partial charge in [-0.1, -0.05) is 6.42 Å². The highest BCUT2D eigenvalue weighted by atomic mass is 19.4. The fraction of sp³-hybridized carbons (Fsp3) is 0.720. The number of carboxylic acid groups (broad SMARTS) is 1. The molecule has 0 amide bonds. The molecule has 9 heteroatoms. The number of nitrogens with zero attached hydrogens (tertiary/aromatic N) is 4. The molecule has 5 rings (SSSR count). The van der Waals surface area contributed by atoms with Crippen LogP contribution >= 0.6 is 0 Å². The van der Waals surface area contributed by atoms with Crippen LogP contribution in [0.5, 0.6) is 0 Å². The summed E-state index contributed by atoms with van der Waals surface area (Å²) in [5, 5.41) is 14.8. The van der Waals surface area contributed by atoms with Gasteiger partial charge in [-0.2, -0.15) is 22.8 Å². The maximum atomic E-state index is 13.1. The number of carbonyl (C=O) groups is 1. The molecule has 3 heterocycles. The number of alkyl halides is 3. The molecule has 1 saturated carbocycles. The van der Waals surface area contributed by atoms with Crippen LogP contribution in [-0.4, -0.2) is 44.9 Å². The minimum atomic E-state index is -4.12. The smallest absolute Gasteiger partial charge is 0.391 e. The predicted molar refractivity (Wildman–Crippen MR) is 122 cm³/mol. The van der Waals surface area contributed by atoms with Crippen LogP contribution in [-0.2, 0) is 17.6 Å². The molecule has 2 aliphatic carbocycles. The zero-order valence-electron chi connectivity index (χ0n) is 19.7. The van der Waals surface area contributed by atoms with Crippen molar-refractivity contribution in [2.45, 2.75) is 89.6 Å². The number of fused-ring (bicyclic) bond motifs is 2. The lowest BCUT2D eigenvalue weighted by molar-refractivity contribution is -0.182. The van der Waals surface area contributed by atoms with E-state index in [9.17, 15) is 23.1 Å². The first-order chi connectivity index (χ1) is 16.2. The molecule has 0 aromatic carbocycles. The topological polar surface area (TPSA) is 70.7 Å². The Hall–Kier alpha value is -2.32. The van der Waals surface area contributed by atoms with E-state index in [4.69, 9.17) is 10.1 Å². The van der Waals surface area contributed by atoms with Gasteiger partial charge in [0.05, 0.1) is 17.0 Å². The van der Waals surface area contributed by atoms with Gasteiger partial charge in [-0.3, -0.25) is 4.79 Å². The summed E-state index contributed by atoms with van der Waals surface area (Å²) in [6, 6.07) is 1.95. The van der Waals surface area contributed by atoms with E-state index in [-0.39, 0.29) is 18.8 Å². The second-order valence-corrected chi connectivity index (χ2v) is 10.7. The summed E-state index contributed by atoms with van der Waals surface area (Å²) in [4.78, 5) is 19.2. The molecule has 0 radical (unpaired) electrons. The third-order valence-electron chi connectivity index (χ3n) is 8.24. The molecule has 1 atom stereocenters. The Bertz CT molecular complexity index is 1070. The summed E-state index contributed by atoms with van der Waals surface area (Å²) in [7, 11) is 0. The van der Waals surface area contributed by atoms with Crippen LogP contribution < -0.4 is 4.90 Å². The van der Waals surface area contributed by atoms with E-state index in [0.717, 1.165) is 73.5 Å². The van der Waals surface area contributed by atoms with Crippen molar-refractivity contribution >= 4 is 17.4 Å². The van der Waals surface area contributed by atoms with Gasteiger partial charge in [-0.15, -0.1) is 0 Å². The number of hydrogen-bond donors (Lipinski definition) is 1. The Morgan fingerprint density at radius 1 is 1.12 bits per heavy atom. The number of aliphatic carboxylic acids is 1. The molecular formula is C25H33F3N4O2. The number of hydrogen-bond acceptors (Lipinski definition) is 4. The Morgan fingerprint density at radius 3 is 2.56 bits per heavy atom. The second-order valence-electron chi connectivity index (χ2n) is 10.7. The molecule has 1 N–H and O–H groups in total. The van der Waals surface area contributed by atoms with Crippen LogP contribution in [0, 0.1) is 11.3 Å². The van der Waals surface area contributed by atoms with Crippen molar-refractivity contribution in [1.82, 2.24) is 14.6 Å². The van der Waals surface area contributed by atoms with Gasteiger partial charge < -0.3 is 10.0 Å². The van der Waals surface area contributed by atoms with Crippen molar-refractivity contribution < 1.29 is 23.1 Å². The number of rotatable bonds is 3. The molecule has 0 spiro atoms. The summed E-state index contributed by atoms with van der Waals surface area (Å²) < 4.78 is 41.3. The number of piperidine rings is 1. The fourth-order valence-corrected chi connectivity index (χ4v) is 6.16. The number of aryl methyl sites for hydroxylation is 1. The van der Waals surface area contributed by atoms with E-state index in [1.165, 1.54) is 0 Å². The van der Waals surface area contributed by atoms with E-state index in [2.05, 4.69) is 4.90 Å². The van der Waals surface area contributed by atoms with Crippen molar-refractivity contribution in [3.05, 3.63) is 23.0 Å². The molecule has 186 valence electrons. The Balaban J connectivity index is 1.53. The lowest BCUT2D eigenvalue weighted by atomic mass is 9.80. The highest BCUT2D eigenvalue weighted by Gasteiger charge is 2.42. The largest absolute Gasteiger partial charge is 0.481 e. The van der Waals surface area contributed by atoms with Crippen molar-refractivity contribution in [2.75, 3.05) is 18.0 Å². The molecule has 1 aliphatic heterocycles. The highest BCUT2D eigenvalue weighted by Crippen LogP contribution is 2.43. The van der Waals surface area contributed by atoms with E-state index in [1.54, 1.807) is 0 Å². The Labute approximate surface area is 197 Å². The second kappa shape index (κ2) is 8.72. The van der Waals surface area contributed by atoms with Gasteiger partial charge in [0.25, 0.3) is 0 Å². The zero-order chi connectivity index (χ0) is 24.1. The van der Waals surface area contributed by atoms with Gasteiger partial charge in [-0.05, 0) is 71.1 Å². The van der Waals surface area contributed by atoms with Crippen LogP contribution in [0.25, 0.3) is 5.65 Å². The minimum Gasteiger partial charge on any atom is -0.481 e. The van der Waals surface area contributed by atoms with Crippen LogP contribution in [0.3, 0.4) is 0 Å². The van der Waals surface area contributed by atoms with Gasteiger partial charge in [0.2, 0.25) is 0 Å². The average Bonchev–Trinajstić information content (AvgIpc) is 3.07. The summed E-state index contributed by atoms with van der Waals surface area (Å²) in [6.45, 7) is 2.99. The van der Waals surface area contributed by atoms with E-state index in [1.807, 2.05) is 17.5 Å². The molecule has 6 nitrogen and oxygen atoms in total. The molecule has 0 unspecified atom stereocenters. The molecular weight excluding hydrogens is 445 g/mol. The highest BCUT2D eigenvalue weighted by molar-refractivity contribution is 5.75. The molecule has 3 aliphatic rings. The predicted octanol–water partition coefficient (Wildman–Crippen LogP) is 5.53. The third-order valence-corrected chi connectivity index (χ3v) is 8.24. The van der Waals surface area contributed by atoms with Gasteiger partial charge >= 0.3 is 12.1 Å². The molecule has 0 bridgehead atoms. The standard InChI is InChI=1S/C25H33F3N4O2/c1-24(23(33)34)12-5-13-31(15-24)22-18-6-3-2-4-7-19(18)29-21-14-20(30-32(21)22)16-8-10-17(11-9-16)25(26,27)28/h14,16-17H,2-13,15H2,1H3,(H,33,34)/t16?,17?,24-/m1/s1.